The quantitative estimate of drug-likeness (QED) is 0.367. The molecule has 0 saturated carbocycles. The summed E-state index contributed by atoms with van der Waals surface area (Å²) in [7, 11) is 0. The highest BCUT2D eigenvalue weighted by molar-refractivity contribution is 6.30. The Hall–Kier alpha value is -2.61. The maximum atomic E-state index is 12.1. The Morgan fingerprint density at radius 2 is 1.66 bits per heavy atom. The number of aliphatic hydroxyl groups is 1. The monoisotopic (exact) mass is 463 g/mol. The van der Waals surface area contributed by atoms with Crippen LogP contribution in [0.1, 0.15) is 37.9 Å². The first-order valence-electron chi connectivity index (χ1n) is 10.6. The Labute approximate surface area is 193 Å². The van der Waals surface area contributed by atoms with Gasteiger partial charge in [-0.15, -0.1) is 0 Å². The summed E-state index contributed by atoms with van der Waals surface area (Å²) in [5.41, 5.74) is 1.93. The lowest BCUT2D eigenvalue weighted by molar-refractivity contribution is -0.166. The predicted molar refractivity (Wildman–Crippen MR) is 122 cm³/mol. The Balaban J connectivity index is 1.99. The number of hydrogen-bond acceptors (Lipinski definition) is 7. The van der Waals surface area contributed by atoms with E-state index in [-0.39, 0.29) is 31.9 Å². The molecule has 0 bridgehead atoms. The molecule has 0 aliphatic carbocycles. The average Bonchev–Trinajstić information content (AvgIpc) is 2.77. The van der Waals surface area contributed by atoms with Crippen LogP contribution >= 0.6 is 11.6 Å². The second kappa shape index (κ2) is 13.1. The van der Waals surface area contributed by atoms with Gasteiger partial charge in [-0.25, -0.2) is 9.59 Å². The van der Waals surface area contributed by atoms with Crippen molar-refractivity contribution in [3.63, 3.8) is 0 Å². The van der Waals surface area contributed by atoms with Crippen molar-refractivity contribution in [2.24, 2.45) is 0 Å². The summed E-state index contributed by atoms with van der Waals surface area (Å²) in [6, 6.07) is 14.3. The molecular formula is C24H30ClNO6. The van der Waals surface area contributed by atoms with Gasteiger partial charge in [0.2, 0.25) is 0 Å². The second-order valence-electron chi connectivity index (χ2n) is 7.21. The van der Waals surface area contributed by atoms with E-state index in [4.69, 9.17) is 25.8 Å². The number of nitrogens with one attached hydrogen (secondary N) is 1. The standard InChI is InChI=1S/C24H30ClNO6/c1-4-30-23(28)22(24(29)31-5-2)32-20-11-9-17(10-12-20)13-16(3)26-21(15-27)18-7-6-8-19(25)14-18/h6-12,14,16,21-22,26-27H,4-5,13,15H2,1-3H3/t16?,21-/m1/s1. The fourth-order valence-electron chi connectivity index (χ4n) is 3.20. The molecule has 0 aromatic heterocycles. The molecule has 0 heterocycles. The number of hydrogen-bond donors (Lipinski definition) is 2. The van der Waals surface area contributed by atoms with E-state index >= 15 is 0 Å². The van der Waals surface area contributed by atoms with Crippen LogP contribution in [0.2, 0.25) is 5.02 Å². The molecular weight excluding hydrogens is 434 g/mol. The van der Waals surface area contributed by atoms with Gasteiger partial charge in [-0.3, -0.25) is 0 Å². The van der Waals surface area contributed by atoms with Gasteiger partial charge >= 0.3 is 11.9 Å². The van der Waals surface area contributed by atoms with E-state index in [0.29, 0.717) is 17.2 Å². The van der Waals surface area contributed by atoms with E-state index in [1.807, 2.05) is 37.3 Å². The molecule has 0 amide bonds. The molecule has 32 heavy (non-hydrogen) atoms. The van der Waals surface area contributed by atoms with Crippen molar-refractivity contribution in [1.82, 2.24) is 5.32 Å². The van der Waals surface area contributed by atoms with Crippen LogP contribution in [0.25, 0.3) is 0 Å². The van der Waals surface area contributed by atoms with Crippen LogP contribution in [0.5, 0.6) is 5.75 Å². The number of aliphatic hydroxyl groups excluding tert-OH is 1. The minimum atomic E-state index is -1.47. The molecule has 8 heteroatoms. The topological polar surface area (TPSA) is 94.1 Å². The molecule has 0 aliphatic rings. The molecule has 174 valence electrons. The van der Waals surface area contributed by atoms with Crippen LogP contribution in [0.4, 0.5) is 0 Å². The molecule has 0 fully saturated rings. The molecule has 1 unspecified atom stereocenters. The third-order valence-corrected chi connectivity index (χ3v) is 4.87. The smallest absolute Gasteiger partial charge is 0.359 e. The Morgan fingerprint density at radius 1 is 1.03 bits per heavy atom. The van der Waals surface area contributed by atoms with Crippen molar-refractivity contribution in [2.45, 2.75) is 45.4 Å². The maximum absolute atomic E-state index is 12.1. The van der Waals surface area contributed by atoms with E-state index in [9.17, 15) is 14.7 Å². The van der Waals surface area contributed by atoms with Crippen molar-refractivity contribution < 1.29 is 28.9 Å². The number of benzene rings is 2. The van der Waals surface area contributed by atoms with Gasteiger partial charge in [0.15, 0.2) is 0 Å². The zero-order chi connectivity index (χ0) is 23.5. The summed E-state index contributed by atoms with van der Waals surface area (Å²) in [6.07, 6.45) is -0.777. The summed E-state index contributed by atoms with van der Waals surface area (Å²) in [4.78, 5) is 24.1. The lowest BCUT2D eigenvalue weighted by Gasteiger charge is -2.22. The third-order valence-electron chi connectivity index (χ3n) is 4.64. The first-order chi connectivity index (χ1) is 15.4. The highest BCUT2D eigenvalue weighted by Gasteiger charge is 2.31. The largest absolute Gasteiger partial charge is 0.467 e. The van der Waals surface area contributed by atoms with Crippen LogP contribution in [0.3, 0.4) is 0 Å². The van der Waals surface area contributed by atoms with E-state index in [1.54, 1.807) is 32.0 Å². The number of esters is 2. The molecule has 7 nitrogen and oxygen atoms in total. The van der Waals surface area contributed by atoms with Gasteiger partial charge in [-0.05, 0) is 62.6 Å². The van der Waals surface area contributed by atoms with Crippen LogP contribution in [-0.4, -0.2) is 49.0 Å². The van der Waals surface area contributed by atoms with Gasteiger partial charge in [-0.2, -0.15) is 0 Å². The molecule has 0 saturated heterocycles. The Bertz CT molecular complexity index is 855. The Kier molecular flexibility index (Phi) is 10.5. The van der Waals surface area contributed by atoms with Crippen LogP contribution in [0, 0.1) is 0 Å². The number of halogens is 1. The Morgan fingerprint density at radius 3 is 2.19 bits per heavy atom. The highest BCUT2D eigenvalue weighted by Crippen LogP contribution is 2.20. The zero-order valence-corrected chi connectivity index (χ0v) is 19.3. The first-order valence-corrected chi connectivity index (χ1v) is 11.0. The molecule has 2 rings (SSSR count). The van der Waals surface area contributed by atoms with Gasteiger partial charge in [0, 0.05) is 11.1 Å². The molecule has 2 N–H and O–H groups in total. The van der Waals surface area contributed by atoms with Gasteiger partial charge < -0.3 is 24.6 Å². The molecule has 2 aromatic carbocycles. The van der Waals surface area contributed by atoms with Crippen molar-refractivity contribution in [3.8, 4) is 5.75 Å². The zero-order valence-electron chi connectivity index (χ0n) is 18.5. The van der Waals surface area contributed by atoms with Gasteiger partial charge in [0.1, 0.15) is 5.75 Å². The van der Waals surface area contributed by atoms with E-state index in [1.165, 1.54) is 0 Å². The number of ether oxygens (including phenoxy) is 3. The highest BCUT2D eigenvalue weighted by atomic mass is 35.5. The lowest BCUT2D eigenvalue weighted by Crippen LogP contribution is -2.38. The third kappa shape index (κ3) is 7.82. The molecule has 0 spiro atoms. The summed E-state index contributed by atoms with van der Waals surface area (Å²) in [5.74, 6) is -1.22. The lowest BCUT2D eigenvalue weighted by atomic mass is 10.0. The average molecular weight is 464 g/mol. The van der Waals surface area contributed by atoms with E-state index < -0.39 is 18.0 Å². The van der Waals surface area contributed by atoms with Gasteiger partial charge in [0.25, 0.3) is 6.10 Å². The van der Waals surface area contributed by atoms with Crippen molar-refractivity contribution in [1.29, 1.82) is 0 Å². The van der Waals surface area contributed by atoms with Gasteiger partial charge in [0.05, 0.1) is 25.9 Å². The molecule has 2 aromatic rings. The summed E-state index contributed by atoms with van der Waals surface area (Å²) in [6.45, 7) is 5.53. The fraction of sp³-hybridized carbons (Fsp3) is 0.417. The summed E-state index contributed by atoms with van der Waals surface area (Å²) < 4.78 is 15.4. The fourth-order valence-corrected chi connectivity index (χ4v) is 3.40. The minimum absolute atomic E-state index is 0.0550. The van der Waals surface area contributed by atoms with Crippen LogP contribution < -0.4 is 10.1 Å². The summed E-state index contributed by atoms with van der Waals surface area (Å²) >= 11 is 6.06. The van der Waals surface area contributed by atoms with Crippen LogP contribution in [0.15, 0.2) is 48.5 Å². The normalized spacial score (nSPS) is 12.8. The number of carbonyl (C=O) groups excluding carboxylic acids is 2. The first kappa shape index (κ1) is 25.6. The van der Waals surface area contributed by atoms with Crippen molar-refractivity contribution >= 4 is 23.5 Å². The van der Waals surface area contributed by atoms with E-state index in [2.05, 4.69) is 5.32 Å². The second-order valence-corrected chi connectivity index (χ2v) is 7.64. The molecule has 0 aliphatic heterocycles. The molecule has 2 atom stereocenters. The molecule has 0 radical (unpaired) electrons. The van der Waals surface area contributed by atoms with Gasteiger partial charge in [-0.1, -0.05) is 35.9 Å². The van der Waals surface area contributed by atoms with Crippen molar-refractivity contribution in [3.05, 3.63) is 64.7 Å². The summed E-state index contributed by atoms with van der Waals surface area (Å²) in [5, 5.41) is 13.8. The maximum Gasteiger partial charge on any atom is 0.359 e. The predicted octanol–water partition coefficient (Wildman–Crippen LogP) is 3.47. The van der Waals surface area contributed by atoms with Crippen LogP contribution in [-0.2, 0) is 25.5 Å². The minimum Gasteiger partial charge on any atom is -0.467 e. The van der Waals surface area contributed by atoms with Crippen molar-refractivity contribution in [2.75, 3.05) is 19.8 Å². The number of rotatable bonds is 12. The van der Waals surface area contributed by atoms with E-state index in [0.717, 1.165) is 11.1 Å². The number of carbonyl (C=O) groups is 2. The SMILES string of the molecule is CCOC(=O)C(Oc1ccc(CC(C)N[C@H](CO)c2cccc(Cl)c2)cc1)C(=O)OCC.